The average Bonchev–Trinajstić information content (AvgIpc) is 2.73. The monoisotopic (exact) mass is 384 g/mol. The quantitative estimate of drug-likeness (QED) is 0.401. The van der Waals surface area contributed by atoms with E-state index in [1.54, 1.807) is 12.1 Å². The molecule has 0 unspecified atom stereocenters. The van der Waals surface area contributed by atoms with Crippen LogP contribution in [0.4, 0.5) is 8.78 Å². The first-order chi connectivity index (χ1) is 13.6. The molecule has 2 aromatic carbocycles. The number of hydrogen-bond acceptors (Lipinski definition) is 0. The molecule has 1 aliphatic rings. The van der Waals surface area contributed by atoms with E-state index in [9.17, 15) is 8.78 Å². The van der Waals surface area contributed by atoms with Crippen LogP contribution in [-0.2, 0) is 6.42 Å². The first kappa shape index (κ1) is 21.0. The van der Waals surface area contributed by atoms with Crippen molar-refractivity contribution < 1.29 is 8.78 Å². The van der Waals surface area contributed by atoms with Gasteiger partial charge in [0.15, 0.2) is 11.6 Å². The van der Waals surface area contributed by atoms with Gasteiger partial charge in [0.1, 0.15) is 0 Å². The number of hydrogen-bond donors (Lipinski definition) is 0. The molecule has 1 fully saturated rings. The summed E-state index contributed by atoms with van der Waals surface area (Å²) in [6, 6.07) is 11.6. The summed E-state index contributed by atoms with van der Waals surface area (Å²) in [5, 5.41) is 0. The van der Waals surface area contributed by atoms with E-state index < -0.39 is 11.6 Å². The van der Waals surface area contributed by atoms with Crippen LogP contribution >= 0.6 is 0 Å². The molecule has 28 heavy (non-hydrogen) atoms. The van der Waals surface area contributed by atoms with Crippen molar-refractivity contribution in [1.29, 1.82) is 0 Å². The van der Waals surface area contributed by atoms with Crippen molar-refractivity contribution in [2.75, 3.05) is 0 Å². The molecule has 0 amide bonds. The third-order valence-electron chi connectivity index (χ3n) is 6.44. The van der Waals surface area contributed by atoms with Crippen LogP contribution in [0.3, 0.4) is 0 Å². The molecule has 1 aliphatic carbocycles. The molecule has 0 heterocycles. The zero-order chi connectivity index (χ0) is 19.9. The number of unbranched alkanes of at least 4 members (excludes halogenated alkanes) is 2. The second-order valence-electron chi connectivity index (χ2n) is 8.49. The van der Waals surface area contributed by atoms with Crippen LogP contribution in [-0.4, -0.2) is 0 Å². The number of aryl methyl sites for hydroxylation is 1. The van der Waals surface area contributed by atoms with Gasteiger partial charge in [-0.3, -0.25) is 0 Å². The van der Waals surface area contributed by atoms with Gasteiger partial charge in [0.2, 0.25) is 0 Å². The van der Waals surface area contributed by atoms with Crippen molar-refractivity contribution in [3.05, 3.63) is 59.2 Å². The van der Waals surface area contributed by atoms with Gasteiger partial charge in [0.25, 0.3) is 0 Å². The maximum Gasteiger partial charge on any atom is 0.166 e. The maximum atomic E-state index is 14.5. The van der Waals surface area contributed by atoms with Crippen LogP contribution < -0.4 is 0 Å². The lowest BCUT2D eigenvalue weighted by Crippen LogP contribution is -2.13. The molecule has 0 aromatic heterocycles. The molecule has 0 aliphatic heterocycles. The normalized spacial score (nSPS) is 19.7. The summed E-state index contributed by atoms with van der Waals surface area (Å²) in [4.78, 5) is 0. The fourth-order valence-corrected chi connectivity index (χ4v) is 4.68. The summed E-state index contributed by atoms with van der Waals surface area (Å²) in [7, 11) is 0. The van der Waals surface area contributed by atoms with Crippen molar-refractivity contribution in [2.24, 2.45) is 5.92 Å². The van der Waals surface area contributed by atoms with E-state index in [0.717, 1.165) is 17.9 Å². The van der Waals surface area contributed by atoms with E-state index in [0.29, 0.717) is 23.5 Å². The van der Waals surface area contributed by atoms with E-state index in [2.05, 4.69) is 19.1 Å². The Labute approximate surface area is 169 Å². The lowest BCUT2D eigenvalue weighted by atomic mass is 9.77. The van der Waals surface area contributed by atoms with Gasteiger partial charge in [0.05, 0.1) is 0 Å². The summed E-state index contributed by atoms with van der Waals surface area (Å²) >= 11 is 0. The standard InChI is InChI=1S/C26H34F2/c1-3-5-6-8-19-9-11-20(12-10-19)21-13-15-22(16-14-21)24-18-17-23(7-4-2)25(27)26(24)28/h13-20H,3-12H2,1-2H3/t19-,20-. The third-order valence-corrected chi connectivity index (χ3v) is 6.44. The van der Waals surface area contributed by atoms with Gasteiger partial charge in [-0.2, -0.15) is 0 Å². The summed E-state index contributed by atoms with van der Waals surface area (Å²) < 4.78 is 28.8. The van der Waals surface area contributed by atoms with Gasteiger partial charge in [-0.15, -0.1) is 0 Å². The summed E-state index contributed by atoms with van der Waals surface area (Å²) in [5.74, 6) is 0.113. The van der Waals surface area contributed by atoms with Crippen LogP contribution in [0.25, 0.3) is 11.1 Å². The molecule has 1 saturated carbocycles. The molecule has 0 saturated heterocycles. The Bertz CT molecular complexity index is 740. The Morgan fingerprint density at radius 1 is 0.786 bits per heavy atom. The Morgan fingerprint density at radius 2 is 1.50 bits per heavy atom. The largest absolute Gasteiger partial charge is 0.203 e. The van der Waals surface area contributed by atoms with Crippen LogP contribution in [0.15, 0.2) is 36.4 Å². The van der Waals surface area contributed by atoms with Crippen LogP contribution in [0.5, 0.6) is 0 Å². The highest BCUT2D eigenvalue weighted by molar-refractivity contribution is 5.65. The Morgan fingerprint density at radius 3 is 2.14 bits per heavy atom. The van der Waals surface area contributed by atoms with Crippen molar-refractivity contribution in [3.8, 4) is 11.1 Å². The van der Waals surface area contributed by atoms with E-state index in [4.69, 9.17) is 0 Å². The van der Waals surface area contributed by atoms with E-state index >= 15 is 0 Å². The summed E-state index contributed by atoms with van der Waals surface area (Å²) in [6.07, 6.45) is 12.0. The highest BCUT2D eigenvalue weighted by Gasteiger charge is 2.22. The lowest BCUT2D eigenvalue weighted by Gasteiger charge is -2.29. The van der Waals surface area contributed by atoms with Crippen LogP contribution in [0, 0.1) is 17.6 Å². The predicted octanol–water partition coefficient (Wildman–Crippen LogP) is 8.44. The van der Waals surface area contributed by atoms with Crippen molar-refractivity contribution >= 4 is 0 Å². The van der Waals surface area contributed by atoms with Crippen LogP contribution in [0.1, 0.15) is 88.7 Å². The number of benzene rings is 2. The van der Waals surface area contributed by atoms with Gasteiger partial charge in [-0.05, 0) is 60.6 Å². The molecule has 3 rings (SSSR count). The highest BCUT2D eigenvalue weighted by atomic mass is 19.2. The van der Waals surface area contributed by atoms with Crippen molar-refractivity contribution in [3.63, 3.8) is 0 Å². The van der Waals surface area contributed by atoms with E-state index in [-0.39, 0.29) is 0 Å². The predicted molar refractivity (Wildman–Crippen MR) is 115 cm³/mol. The zero-order valence-electron chi connectivity index (χ0n) is 17.4. The minimum atomic E-state index is -0.716. The minimum absolute atomic E-state index is 0.364. The molecule has 2 aromatic rings. The zero-order valence-corrected chi connectivity index (χ0v) is 17.4. The van der Waals surface area contributed by atoms with E-state index in [1.807, 2.05) is 19.1 Å². The smallest absolute Gasteiger partial charge is 0.166 e. The second kappa shape index (κ2) is 10.2. The Kier molecular flexibility index (Phi) is 7.65. The highest BCUT2D eigenvalue weighted by Crippen LogP contribution is 2.38. The van der Waals surface area contributed by atoms with Gasteiger partial charge in [0, 0.05) is 5.56 Å². The molecule has 0 nitrogen and oxygen atoms in total. The van der Waals surface area contributed by atoms with Crippen molar-refractivity contribution in [2.45, 2.75) is 84.0 Å². The van der Waals surface area contributed by atoms with Gasteiger partial charge in [-0.25, -0.2) is 8.78 Å². The molecule has 0 spiro atoms. The molecular formula is C26H34F2. The molecule has 0 bridgehead atoms. The molecule has 2 heteroatoms. The first-order valence-electron chi connectivity index (χ1n) is 11.2. The molecular weight excluding hydrogens is 350 g/mol. The first-order valence-corrected chi connectivity index (χ1v) is 11.2. The van der Waals surface area contributed by atoms with Gasteiger partial charge >= 0.3 is 0 Å². The summed E-state index contributed by atoms with van der Waals surface area (Å²) in [5.41, 5.74) is 2.94. The second-order valence-corrected chi connectivity index (χ2v) is 8.49. The Balaban J connectivity index is 1.64. The van der Waals surface area contributed by atoms with E-state index in [1.165, 1.54) is 56.9 Å². The molecule has 0 radical (unpaired) electrons. The van der Waals surface area contributed by atoms with Crippen molar-refractivity contribution in [1.82, 2.24) is 0 Å². The fourth-order valence-electron chi connectivity index (χ4n) is 4.68. The van der Waals surface area contributed by atoms with Gasteiger partial charge in [-0.1, -0.05) is 82.3 Å². The molecule has 152 valence electrons. The average molecular weight is 385 g/mol. The Hall–Kier alpha value is -1.70. The fraction of sp³-hybridized carbons (Fsp3) is 0.538. The molecule has 0 N–H and O–H groups in total. The lowest BCUT2D eigenvalue weighted by molar-refractivity contribution is 0.303. The summed E-state index contributed by atoms with van der Waals surface area (Å²) in [6.45, 7) is 4.24. The maximum absolute atomic E-state index is 14.5. The number of halogens is 2. The SMILES string of the molecule is CCCCC[C@H]1CC[C@H](c2ccc(-c3ccc(CCC)c(F)c3F)cc2)CC1. The topological polar surface area (TPSA) is 0 Å². The number of rotatable bonds is 8. The molecule has 0 atom stereocenters. The van der Waals surface area contributed by atoms with Crippen LogP contribution in [0.2, 0.25) is 0 Å². The van der Waals surface area contributed by atoms with Gasteiger partial charge < -0.3 is 0 Å². The third kappa shape index (κ3) is 5.01. The minimum Gasteiger partial charge on any atom is -0.203 e.